The minimum Gasteiger partial charge on any atom is -0.504 e. The zero-order valence-corrected chi connectivity index (χ0v) is 18.8. The Bertz CT molecular complexity index is 1350. The third kappa shape index (κ3) is 3.82. The molecule has 0 saturated carbocycles. The van der Waals surface area contributed by atoms with Gasteiger partial charge >= 0.3 is 5.97 Å². The van der Waals surface area contributed by atoms with Crippen LogP contribution in [-0.4, -0.2) is 29.4 Å². The van der Waals surface area contributed by atoms with Gasteiger partial charge in [-0.15, -0.1) is 11.3 Å². The summed E-state index contributed by atoms with van der Waals surface area (Å²) < 4.78 is 12.4. The van der Waals surface area contributed by atoms with Crippen molar-refractivity contribution in [2.45, 2.75) is 19.9 Å². The molecule has 3 heterocycles. The Labute approximate surface area is 185 Å². The Morgan fingerprint density at radius 3 is 2.84 bits per heavy atom. The van der Waals surface area contributed by atoms with E-state index in [0.29, 0.717) is 31.9 Å². The van der Waals surface area contributed by atoms with Crippen molar-refractivity contribution >= 4 is 34.7 Å². The molecule has 0 spiro atoms. The van der Waals surface area contributed by atoms with Crippen molar-refractivity contribution in [2.24, 2.45) is 4.99 Å². The van der Waals surface area contributed by atoms with Gasteiger partial charge in [0.25, 0.3) is 5.56 Å². The predicted molar refractivity (Wildman–Crippen MR) is 119 cm³/mol. The zero-order chi connectivity index (χ0) is 22.1. The number of rotatable bonds is 5. The molecular formula is C22H20N2O5S2. The number of carbonyl (C=O) groups excluding carboxylic acids is 1. The minimum atomic E-state index is -0.591. The molecule has 160 valence electrons. The summed E-state index contributed by atoms with van der Waals surface area (Å²) in [4.78, 5) is 32.1. The summed E-state index contributed by atoms with van der Waals surface area (Å²) in [6, 6.07) is 8.05. The molecule has 1 aliphatic rings. The molecule has 2 aromatic heterocycles. The predicted octanol–water partition coefficient (Wildman–Crippen LogP) is 2.57. The zero-order valence-electron chi connectivity index (χ0n) is 17.1. The minimum absolute atomic E-state index is 0.0218. The lowest BCUT2D eigenvalue weighted by molar-refractivity contribution is -0.139. The summed E-state index contributed by atoms with van der Waals surface area (Å²) in [5.41, 5.74) is 1.36. The van der Waals surface area contributed by atoms with Crippen LogP contribution in [0, 0.1) is 0 Å². The van der Waals surface area contributed by atoms with Gasteiger partial charge in [-0.2, -0.15) is 0 Å². The van der Waals surface area contributed by atoms with Crippen LogP contribution in [0.2, 0.25) is 0 Å². The average molecular weight is 457 g/mol. The second kappa shape index (κ2) is 8.52. The summed E-state index contributed by atoms with van der Waals surface area (Å²) in [5.74, 6) is -0.133. The largest absolute Gasteiger partial charge is 0.504 e. The number of ether oxygens (including phenoxy) is 2. The van der Waals surface area contributed by atoms with E-state index in [4.69, 9.17) is 9.47 Å². The van der Waals surface area contributed by atoms with Crippen LogP contribution in [0.15, 0.2) is 56.8 Å². The molecular weight excluding hydrogens is 436 g/mol. The number of methoxy groups -OCH3 is 1. The Kier molecular flexibility index (Phi) is 5.79. The molecule has 1 aromatic carbocycles. The quantitative estimate of drug-likeness (QED) is 0.596. The Balaban J connectivity index is 1.92. The van der Waals surface area contributed by atoms with Gasteiger partial charge in [-0.25, -0.2) is 9.79 Å². The van der Waals surface area contributed by atoms with Gasteiger partial charge in [0.1, 0.15) is 6.04 Å². The van der Waals surface area contributed by atoms with Crippen molar-refractivity contribution in [2.75, 3.05) is 13.7 Å². The lowest BCUT2D eigenvalue weighted by Crippen LogP contribution is -2.39. The van der Waals surface area contributed by atoms with Gasteiger partial charge in [0.2, 0.25) is 0 Å². The second-order valence-corrected chi connectivity index (χ2v) is 8.74. The summed E-state index contributed by atoms with van der Waals surface area (Å²) in [7, 11) is 1.47. The van der Waals surface area contributed by atoms with Gasteiger partial charge in [-0.05, 0) is 49.1 Å². The fourth-order valence-corrected chi connectivity index (χ4v) is 5.31. The molecule has 1 atom stereocenters. The first kappa shape index (κ1) is 21.1. The first-order chi connectivity index (χ1) is 14.9. The first-order valence-electron chi connectivity index (χ1n) is 9.54. The normalized spacial score (nSPS) is 16.1. The van der Waals surface area contributed by atoms with Crippen LogP contribution >= 0.6 is 22.7 Å². The number of esters is 1. The van der Waals surface area contributed by atoms with Crippen molar-refractivity contribution in [1.29, 1.82) is 0 Å². The van der Waals surface area contributed by atoms with E-state index in [1.807, 2.05) is 17.5 Å². The highest BCUT2D eigenvalue weighted by atomic mass is 32.1. The van der Waals surface area contributed by atoms with E-state index in [2.05, 4.69) is 4.99 Å². The van der Waals surface area contributed by atoms with Crippen molar-refractivity contribution in [3.05, 3.63) is 77.1 Å². The summed E-state index contributed by atoms with van der Waals surface area (Å²) in [6.45, 7) is 3.74. The maximum Gasteiger partial charge on any atom is 0.338 e. The number of aromatic hydroxyl groups is 1. The molecule has 0 fully saturated rings. The van der Waals surface area contributed by atoms with Gasteiger partial charge in [-0.3, -0.25) is 9.36 Å². The third-order valence-electron chi connectivity index (χ3n) is 4.83. The van der Waals surface area contributed by atoms with Crippen molar-refractivity contribution < 1.29 is 19.4 Å². The molecule has 0 unspecified atom stereocenters. The standard InChI is InChI=1S/C22H20N2O5S2/c1-4-29-21(27)18-12(2)23-22-24(19(18)16-6-5-9-30-16)20(26)17(31-22)11-13-7-8-14(25)15(10-13)28-3/h5-11,19,25H,4H2,1-3H3/b17-11-/t19-/m0/s1. The second-order valence-electron chi connectivity index (χ2n) is 6.75. The van der Waals surface area contributed by atoms with Crippen LogP contribution in [-0.2, 0) is 9.53 Å². The molecule has 0 amide bonds. The number of aromatic nitrogens is 1. The molecule has 7 nitrogen and oxygen atoms in total. The molecule has 1 aliphatic heterocycles. The fraction of sp³-hybridized carbons (Fsp3) is 0.227. The van der Waals surface area contributed by atoms with Crippen molar-refractivity contribution in [3.63, 3.8) is 0 Å². The number of benzene rings is 1. The lowest BCUT2D eigenvalue weighted by atomic mass is 10.0. The van der Waals surface area contributed by atoms with Gasteiger partial charge in [-0.1, -0.05) is 23.5 Å². The highest BCUT2D eigenvalue weighted by Gasteiger charge is 2.33. The Hall–Kier alpha value is -3.17. The lowest BCUT2D eigenvalue weighted by Gasteiger charge is -2.23. The molecule has 3 aromatic rings. The number of carbonyl (C=O) groups is 1. The molecule has 0 bridgehead atoms. The van der Waals surface area contributed by atoms with E-state index in [0.717, 1.165) is 4.88 Å². The maximum absolute atomic E-state index is 13.4. The van der Waals surface area contributed by atoms with Crippen LogP contribution < -0.4 is 19.6 Å². The number of nitrogens with zero attached hydrogens (tertiary/aromatic N) is 2. The Morgan fingerprint density at radius 1 is 1.35 bits per heavy atom. The van der Waals surface area contributed by atoms with E-state index in [1.165, 1.54) is 35.8 Å². The summed E-state index contributed by atoms with van der Waals surface area (Å²) in [6.07, 6.45) is 1.72. The van der Waals surface area contributed by atoms with Gasteiger partial charge < -0.3 is 14.6 Å². The van der Waals surface area contributed by atoms with Crippen molar-refractivity contribution in [1.82, 2.24) is 4.57 Å². The van der Waals surface area contributed by atoms with Crippen LogP contribution in [0.3, 0.4) is 0 Å². The number of phenolic OH excluding ortho intramolecular Hbond substituents is 1. The maximum atomic E-state index is 13.4. The molecule has 31 heavy (non-hydrogen) atoms. The third-order valence-corrected chi connectivity index (χ3v) is 6.74. The Morgan fingerprint density at radius 2 is 2.16 bits per heavy atom. The van der Waals surface area contributed by atoms with Gasteiger partial charge in [0.05, 0.1) is 29.5 Å². The number of allylic oxidation sites excluding steroid dienone is 1. The number of thiazole rings is 1. The van der Waals surface area contributed by atoms with Crippen LogP contribution in [0.1, 0.15) is 30.3 Å². The van der Waals surface area contributed by atoms with Crippen molar-refractivity contribution in [3.8, 4) is 11.5 Å². The van der Waals surface area contributed by atoms with Crippen LogP contribution in [0.5, 0.6) is 11.5 Å². The fourth-order valence-electron chi connectivity index (χ4n) is 3.44. The van der Waals surface area contributed by atoms with E-state index < -0.39 is 12.0 Å². The smallest absolute Gasteiger partial charge is 0.338 e. The number of thiophene rings is 1. The highest BCUT2D eigenvalue weighted by molar-refractivity contribution is 7.10. The topological polar surface area (TPSA) is 90.1 Å². The van der Waals surface area contributed by atoms with E-state index >= 15 is 0 Å². The van der Waals surface area contributed by atoms with E-state index in [-0.39, 0.29) is 17.9 Å². The van der Waals surface area contributed by atoms with E-state index in [1.54, 1.807) is 36.6 Å². The SMILES string of the molecule is CCOC(=O)C1=C(C)N=c2s/c(=C\c3ccc(O)c(OC)c3)c(=O)n2[C@H]1c1cccs1. The molecule has 9 heteroatoms. The van der Waals surface area contributed by atoms with Crippen LogP contribution in [0.4, 0.5) is 0 Å². The molecule has 0 aliphatic carbocycles. The number of fused-ring (bicyclic) bond motifs is 1. The number of hydrogen-bond acceptors (Lipinski definition) is 8. The molecule has 0 radical (unpaired) electrons. The highest BCUT2D eigenvalue weighted by Crippen LogP contribution is 2.33. The monoisotopic (exact) mass is 456 g/mol. The first-order valence-corrected chi connectivity index (χ1v) is 11.2. The summed E-state index contributed by atoms with van der Waals surface area (Å²) in [5, 5.41) is 11.7. The molecule has 4 rings (SSSR count). The average Bonchev–Trinajstić information content (AvgIpc) is 3.37. The van der Waals surface area contributed by atoms with Crippen LogP contribution in [0.25, 0.3) is 6.08 Å². The number of hydrogen-bond donors (Lipinski definition) is 1. The summed E-state index contributed by atoms with van der Waals surface area (Å²) >= 11 is 2.72. The van der Waals surface area contributed by atoms with Gasteiger partial charge in [0.15, 0.2) is 16.3 Å². The molecule has 1 N–H and O–H groups in total. The van der Waals surface area contributed by atoms with Gasteiger partial charge in [0, 0.05) is 4.88 Å². The van der Waals surface area contributed by atoms with E-state index in [9.17, 15) is 14.7 Å². The molecule has 0 saturated heterocycles. The number of phenols is 1.